The van der Waals surface area contributed by atoms with Crippen molar-refractivity contribution < 1.29 is 4.92 Å². The zero-order valence-corrected chi connectivity index (χ0v) is 11.1. The van der Waals surface area contributed by atoms with E-state index in [0.717, 1.165) is 4.88 Å². The van der Waals surface area contributed by atoms with Gasteiger partial charge in [0.1, 0.15) is 6.07 Å². The third-order valence-corrected chi connectivity index (χ3v) is 3.70. The van der Waals surface area contributed by atoms with Gasteiger partial charge in [-0.1, -0.05) is 29.8 Å². The average molecular weight is 291 g/mol. The fourth-order valence-corrected chi connectivity index (χ4v) is 2.58. The summed E-state index contributed by atoms with van der Waals surface area (Å²) in [4.78, 5) is 11.0. The molecule has 1 aromatic carbocycles. The Labute approximate surface area is 118 Å². The highest BCUT2D eigenvalue weighted by Gasteiger charge is 2.13. The summed E-state index contributed by atoms with van der Waals surface area (Å²) >= 11 is 7.57. The topological polar surface area (TPSA) is 66.9 Å². The zero-order chi connectivity index (χ0) is 13.8. The van der Waals surface area contributed by atoms with Gasteiger partial charge in [-0.25, -0.2) is 0 Å². The lowest BCUT2D eigenvalue weighted by molar-refractivity contribution is -0.384. The van der Waals surface area contributed by atoms with Crippen LogP contribution in [0.25, 0.3) is 10.6 Å². The Bertz CT molecular complexity index is 687. The fourth-order valence-electron chi connectivity index (χ4n) is 1.53. The van der Waals surface area contributed by atoms with Crippen LogP contribution in [0.3, 0.4) is 0 Å². The molecule has 0 radical (unpaired) electrons. The number of rotatable bonds is 3. The van der Waals surface area contributed by atoms with E-state index in [1.807, 2.05) is 17.5 Å². The molecule has 0 fully saturated rings. The van der Waals surface area contributed by atoms with Crippen LogP contribution in [0.1, 0.15) is 10.4 Å². The average Bonchev–Trinajstić information content (AvgIpc) is 2.93. The van der Waals surface area contributed by atoms with E-state index in [0.29, 0.717) is 11.1 Å². The van der Waals surface area contributed by atoms with Gasteiger partial charge in [-0.2, -0.15) is 5.26 Å². The van der Waals surface area contributed by atoms with Crippen molar-refractivity contribution in [1.82, 2.24) is 0 Å². The van der Waals surface area contributed by atoms with Crippen LogP contribution < -0.4 is 0 Å². The Morgan fingerprint density at radius 3 is 2.74 bits per heavy atom. The highest BCUT2D eigenvalue weighted by molar-refractivity contribution is 7.11. The van der Waals surface area contributed by atoms with E-state index < -0.39 is 4.92 Å². The predicted octanol–water partition coefficient (Wildman–Crippen LogP) is 4.29. The Morgan fingerprint density at radius 2 is 2.16 bits per heavy atom. The Kier molecular flexibility index (Phi) is 3.95. The third-order valence-electron chi connectivity index (χ3n) is 2.41. The molecule has 0 bridgehead atoms. The first-order valence-corrected chi connectivity index (χ1v) is 6.48. The molecule has 2 rings (SSSR count). The molecule has 1 heterocycles. The Hall–Kier alpha value is -2.16. The molecular formula is C13H7ClN2O2S. The number of nitrogens with zero attached hydrogens (tertiary/aromatic N) is 2. The number of non-ortho nitro benzene ring substituents is 1. The van der Waals surface area contributed by atoms with Crippen molar-refractivity contribution in [2.75, 3.05) is 0 Å². The molecule has 6 heteroatoms. The van der Waals surface area contributed by atoms with Crippen LogP contribution in [-0.4, -0.2) is 4.92 Å². The van der Waals surface area contributed by atoms with E-state index in [2.05, 4.69) is 0 Å². The molecule has 0 saturated heterocycles. The Morgan fingerprint density at radius 1 is 1.37 bits per heavy atom. The minimum atomic E-state index is -0.495. The summed E-state index contributed by atoms with van der Waals surface area (Å²) in [6.07, 6.45) is 0. The molecule has 1 aromatic heterocycles. The Balaban J connectivity index is 2.54. The van der Waals surface area contributed by atoms with Gasteiger partial charge < -0.3 is 0 Å². The molecule has 19 heavy (non-hydrogen) atoms. The minimum Gasteiger partial charge on any atom is -0.258 e. The van der Waals surface area contributed by atoms with Gasteiger partial charge in [0.15, 0.2) is 0 Å². The van der Waals surface area contributed by atoms with Crippen molar-refractivity contribution >= 4 is 39.2 Å². The fraction of sp³-hybridized carbons (Fsp3) is 0. The van der Waals surface area contributed by atoms with Gasteiger partial charge in [-0.15, -0.1) is 11.3 Å². The second kappa shape index (κ2) is 5.65. The van der Waals surface area contributed by atoms with Crippen LogP contribution in [0.2, 0.25) is 0 Å². The molecule has 2 aromatic rings. The standard InChI is InChI=1S/C13H7ClN2O2S/c14-13(11(8-15)12-5-2-6-19-12)9-3-1-4-10(7-9)16(17)18/h1-7H. The maximum Gasteiger partial charge on any atom is 0.270 e. The van der Waals surface area contributed by atoms with Crippen LogP contribution in [0.5, 0.6) is 0 Å². The second-order valence-corrected chi connectivity index (χ2v) is 4.91. The van der Waals surface area contributed by atoms with Crippen molar-refractivity contribution in [3.05, 3.63) is 62.3 Å². The van der Waals surface area contributed by atoms with Gasteiger partial charge in [0.25, 0.3) is 5.69 Å². The molecule has 0 aliphatic carbocycles. The smallest absolute Gasteiger partial charge is 0.258 e. The minimum absolute atomic E-state index is 0.0564. The van der Waals surface area contributed by atoms with Gasteiger partial charge in [-0.3, -0.25) is 10.1 Å². The van der Waals surface area contributed by atoms with Crippen molar-refractivity contribution in [1.29, 1.82) is 5.26 Å². The van der Waals surface area contributed by atoms with Crippen LogP contribution in [-0.2, 0) is 0 Å². The van der Waals surface area contributed by atoms with Gasteiger partial charge in [0.2, 0.25) is 0 Å². The normalized spacial score (nSPS) is 11.6. The number of nitro groups is 1. The summed E-state index contributed by atoms with van der Waals surface area (Å²) in [5, 5.41) is 22.0. The highest BCUT2D eigenvalue weighted by atomic mass is 35.5. The first kappa shape index (κ1) is 13.3. The molecular weight excluding hydrogens is 284 g/mol. The summed E-state index contributed by atoms with van der Waals surface area (Å²) in [6.45, 7) is 0. The molecule has 0 aliphatic rings. The van der Waals surface area contributed by atoms with E-state index in [9.17, 15) is 15.4 Å². The van der Waals surface area contributed by atoms with Crippen LogP contribution in [0.4, 0.5) is 5.69 Å². The third kappa shape index (κ3) is 2.81. The van der Waals surface area contributed by atoms with E-state index in [1.54, 1.807) is 18.2 Å². The quantitative estimate of drug-likeness (QED) is 0.481. The van der Waals surface area contributed by atoms with E-state index in [-0.39, 0.29) is 10.7 Å². The van der Waals surface area contributed by atoms with E-state index in [1.165, 1.54) is 23.5 Å². The largest absolute Gasteiger partial charge is 0.270 e. The van der Waals surface area contributed by atoms with Gasteiger partial charge in [0.05, 0.1) is 15.5 Å². The molecule has 0 spiro atoms. The van der Waals surface area contributed by atoms with Crippen molar-refractivity contribution in [3.8, 4) is 6.07 Å². The number of nitriles is 1. The maximum absolute atomic E-state index is 10.7. The molecule has 0 aliphatic heterocycles. The number of hydrogen-bond acceptors (Lipinski definition) is 4. The summed E-state index contributed by atoms with van der Waals surface area (Å²) < 4.78 is 0. The highest BCUT2D eigenvalue weighted by Crippen LogP contribution is 2.32. The van der Waals surface area contributed by atoms with Crippen LogP contribution >= 0.6 is 22.9 Å². The van der Waals surface area contributed by atoms with Crippen molar-refractivity contribution in [3.63, 3.8) is 0 Å². The summed E-state index contributed by atoms with van der Waals surface area (Å²) in [5.74, 6) is 0. The number of nitro benzene ring substituents is 1. The SMILES string of the molecule is N#CC(=C(Cl)c1cccc([N+](=O)[O-])c1)c1cccs1. The predicted molar refractivity (Wildman–Crippen MR) is 75.7 cm³/mol. The summed E-state index contributed by atoms with van der Waals surface area (Å²) in [5.41, 5.74) is 0.720. The van der Waals surface area contributed by atoms with Gasteiger partial charge in [0, 0.05) is 22.6 Å². The summed E-state index contributed by atoms with van der Waals surface area (Å²) in [6, 6.07) is 11.5. The van der Waals surface area contributed by atoms with Crippen LogP contribution in [0, 0.1) is 21.4 Å². The van der Waals surface area contributed by atoms with Gasteiger partial charge >= 0.3 is 0 Å². The number of thiophene rings is 1. The van der Waals surface area contributed by atoms with Crippen molar-refractivity contribution in [2.24, 2.45) is 0 Å². The maximum atomic E-state index is 10.7. The molecule has 0 unspecified atom stereocenters. The zero-order valence-electron chi connectivity index (χ0n) is 9.54. The van der Waals surface area contributed by atoms with E-state index >= 15 is 0 Å². The lowest BCUT2D eigenvalue weighted by Crippen LogP contribution is -1.89. The summed E-state index contributed by atoms with van der Waals surface area (Å²) in [7, 11) is 0. The number of hydrogen-bond donors (Lipinski definition) is 0. The molecule has 0 saturated carbocycles. The lowest BCUT2D eigenvalue weighted by atomic mass is 10.1. The molecule has 4 nitrogen and oxygen atoms in total. The lowest BCUT2D eigenvalue weighted by Gasteiger charge is -2.02. The number of allylic oxidation sites excluding steroid dienone is 1. The first-order chi connectivity index (χ1) is 9.13. The molecule has 0 atom stereocenters. The van der Waals surface area contributed by atoms with Crippen LogP contribution in [0.15, 0.2) is 41.8 Å². The van der Waals surface area contributed by atoms with Gasteiger partial charge in [-0.05, 0) is 11.4 Å². The van der Waals surface area contributed by atoms with Crippen molar-refractivity contribution in [2.45, 2.75) is 0 Å². The molecule has 0 N–H and O–H groups in total. The molecule has 0 amide bonds. The second-order valence-electron chi connectivity index (χ2n) is 3.59. The van der Waals surface area contributed by atoms with E-state index in [4.69, 9.17) is 11.6 Å². The number of benzene rings is 1. The first-order valence-electron chi connectivity index (χ1n) is 5.22. The monoisotopic (exact) mass is 290 g/mol. The molecule has 94 valence electrons. The number of halogens is 1.